The van der Waals surface area contributed by atoms with Gasteiger partial charge in [0.15, 0.2) is 5.16 Å². The van der Waals surface area contributed by atoms with Gasteiger partial charge in [0, 0.05) is 43.2 Å². The highest BCUT2D eigenvalue weighted by molar-refractivity contribution is 7.98. The van der Waals surface area contributed by atoms with E-state index < -0.39 is 0 Å². The van der Waals surface area contributed by atoms with Crippen LogP contribution in [-0.2, 0) is 17.0 Å². The van der Waals surface area contributed by atoms with E-state index >= 15 is 0 Å². The molecule has 0 N–H and O–H groups in total. The van der Waals surface area contributed by atoms with Crippen LogP contribution in [0.25, 0.3) is 10.9 Å². The number of ether oxygens (including phenoxy) is 1. The van der Waals surface area contributed by atoms with Gasteiger partial charge in [-0.25, -0.2) is 9.97 Å². The van der Waals surface area contributed by atoms with Gasteiger partial charge in [-0.05, 0) is 18.6 Å². The molecule has 30 heavy (non-hydrogen) atoms. The smallest absolute Gasteiger partial charge is 0.262 e. The van der Waals surface area contributed by atoms with Crippen molar-refractivity contribution in [2.45, 2.75) is 43.6 Å². The lowest BCUT2D eigenvalue weighted by atomic mass is 10.2. The average Bonchev–Trinajstić information content (AvgIpc) is 3.24. The summed E-state index contributed by atoms with van der Waals surface area (Å²) in [4.78, 5) is 25.2. The van der Waals surface area contributed by atoms with Crippen LogP contribution in [0.5, 0.6) is 0 Å². The summed E-state index contributed by atoms with van der Waals surface area (Å²) in [5.74, 6) is 1.16. The number of rotatable bonds is 8. The number of thioether (sulfide) groups is 1. The molecule has 0 aliphatic carbocycles. The van der Waals surface area contributed by atoms with Crippen molar-refractivity contribution < 1.29 is 4.74 Å². The Morgan fingerprint density at radius 3 is 2.73 bits per heavy atom. The summed E-state index contributed by atoms with van der Waals surface area (Å²) in [6, 6.07) is 7.62. The maximum absolute atomic E-state index is 13.2. The highest BCUT2D eigenvalue weighted by Gasteiger charge is 2.15. The topological polar surface area (TPSA) is 60.2 Å². The van der Waals surface area contributed by atoms with Gasteiger partial charge in [0.25, 0.3) is 5.56 Å². The zero-order valence-electron chi connectivity index (χ0n) is 17.5. The largest absolute Gasteiger partial charge is 0.379 e. The fourth-order valence-corrected chi connectivity index (χ4v) is 5.38. The van der Waals surface area contributed by atoms with Crippen molar-refractivity contribution in [3.05, 3.63) is 50.7 Å². The molecule has 1 aliphatic heterocycles. The predicted octanol–water partition coefficient (Wildman–Crippen LogP) is 3.99. The van der Waals surface area contributed by atoms with Crippen LogP contribution in [0.4, 0.5) is 0 Å². The maximum Gasteiger partial charge on any atom is 0.262 e. The van der Waals surface area contributed by atoms with Crippen molar-refractivity contribution in [1.29, 1.82) is 0 Å². The van der Waals surface area contributed by atoms with E-state index in [0.29, 0.717) is 17.8 Å². The Hall–Kier alpha value is -1.74. The second-order valence-corrected chi connectivity index (χ2v) is 9.63. The van der Waals surface area contributed by atoms with Crippen molar-refractivity contribution in [3.63, 3.8) is 0 Å². The third kappa shape index (κ3) is 5.11. The first-order chi connectivity index (χ1) is 14.6. The lowest BCUT2D eigenvalue weighted by Crippen LogP contribution is -2.37. The van der Waals surface area contributed by atoms with Gasteiger partial charge in [0.1, 0.15) is 0 Å². The second-order valence-electron chi connectivity index (χ2n) is 7.80. The Morgan fingerprint density at radius 1 is 1.17 bits per heavy atom. The summed E-state index contributed by atoms with van der Waals surface area (Å²) in [5.41, 5.74) is 1.86. The number of morpholine rings is 1. The first-order valence-corrected chi connectivity index (χ1v) is 12.3. The molecule has 0 unspecified atom stereocenters. The summed E-state index contributed by atoms with van der Waals surface area (Å²) >= 11 is 3.31. The monoisotopic (exact) mass is 444 g/mol. The van der Waals surface area contributed by atoms with E-state index in [4.69, 9.17) is 14.7 Å². The number of fused-ring (bicyclic) bond motifs is 1. The predicted molar refractivity (Wildman–Crippen MR) is 124 cm³/mol. The average molecular weight is 445 g/mol. The fraction of sp³-hybridized carbons (Fsp3) is 0.500. The van der Waals surface area contributed by atoms with Crippen LogP contribution in [0.1, 0.15) is 36.9 Å². The number of para-hydroxylation sites is 1. The Labute approximate surface area is 185 Å². The van der Waals surface area contributed by atoms with Crippen LogP contribution in [-0.4, -0.2) is 52.3 Å². The van der Waals surface area contributed by atoms with Crippen LogP contribution in [0.2, 0.25) is 0 Å². The van der Waals surface area contributed by atoms with Crippen LogP contribution in [0.3, 0.4) is 0 Å². The summed E-state index contributed by atoms with van der Waals surface area (Å²) in [6.07, 6.45) is 0.918. The zero-order chi connectivity index (χ0) is 20.9. The number of aromatic nitrogens is 3. The minimum atomic E-state index is 0.0474. The molecule has 1 aliphatic rings. The number of thiazole rings is 1. The summed E-state index contributed by atoms with van der Waals surface area (Å²) in [5, 5.41) is 4.73. The molecule has 4 rings (SSSR count). The van der Waals surface area contributed by atoms with E-state index in [0.717, 1.165) is 66.4 Å². The molecular formula is C22H28N4O2S2. The van der Waals surface area contributed by atoms with Gasteiger partial charge in [-0.2, -0.15) is 0 Å². The van der Waals surface area contributed by atoms with E-state index in [1.54, 1.807) is 23.1 Å². The fourth-order valence-electron chi connectivity index (χ4n) is 3.52. The molecule has 160 valence electrons. The Kier molecular flexibility index (Phi) is 7.20. The molecule has 1 saturated heterocycles. The maximum atomic E-state index is 13.2. The SMILES string of the molecule is CC(C)c1nc(CSc2nc3ccccc3c(=O)n2CCCN2CCOCC2)cs1. The standard InChI is InChI=1S/C22H28N4O2S2/c1-16(2)20-23-17(14-29-20)15-30-22-24-19-7-4-3-6-18(19)21(27)26(22)9-5-8-25-10-12-28-13-11-25/h3-4,6-7,14,16H,5,8-13,15H2,1-2H3. The lowest BCUT2D eigenvalue weighted by Gasteiger charge is -2.26. The summed E-state index contributed by atoms with van der Waals surface area (Å²) < 4.78 is 7.28. The first-order valence-electron chi connectivity index (χ1n) is 10.5. The molecular weight excluding hydrogens is 416 g/mol. The Morgan fingerprint density at radius 2 is 1.97 bits per heavy atom. The van der Waals surface area contributed by atoms with Crippen LogP contribution in [0.15, 0.2) is 39.6 Å². The van der Waals surface area contributed by atoms with Gasteiger partial charge in [-0.3, -0.25) is 14.3 Å². The van der Waals surface area contributed by atoms with Gasteiger partial charge in [0.2, 0.25) is 0 Å². The quantitative estimate of drug-likeness (QED) is 0.387. The van der Waals surface area contributed by atoms with Gasteiger partial charge >= 0.3 is 0 Å². The second kappa shape index (κ2) is 10.0. The molecule has 0 atom stereocenters. The third-order valence-electron chi connectivity index (χ3n) is 5.20. The van der Waals surface area contributed by atoms with Crippen molar-refractivity contribution in [2.75, 3.05) is 32.8 Å². The lowest BCUT2D eigenvalue weighted by molar-refractivity contribution is 0.0368. The molecule has 0 saturated carbocycles. The Balaban J connectivity index is 1.53. The van der Waals surface area contributed by atoms with E-state index in [2.05, 4.69) is 24.1 Å². The van der Waals surface area contributed by atoms with Gasteiger partial charge < -0.3 is 4.74 Å². The number of benzene rings is 1. The van der Waals surface area contributed by atoms with Crippen molar-refractivity contribution in [2.24, 2.45) is 0 Å². The molecule has 3 aromatic rings. The molecule has 0 spiro atoms. The molecule has 6 nitrogen and oxygen atoms in total. The minimum absolute atomic E-state index is 0.0474. The first kappa shape index (κ1) is 21.5. The van der Waals surface area contributed by atoms with Gasteiger partial charge in [0.05, 0.1) is 34.8 Å². The van der Waals surface area contributed by atoms with E-state index in [-0.39, 0.29) is 5.56 Å². The van der Waals surface area contributed by atoms with Crippen molar-refractivity contribution in [1.82, 2.24) is 19.4 Å². The third-order valence-corrected chi connectivity index (χ3v) is 7.40. The Bertz CT molecular complexity index is 1040. The molecule has 0 radical (unpaired) electrons. The van der Waals surface area contributed by atoms with Crippen LogP contribution >= 0.6 is 23.1 Å². The van der Waals surface area contributed by atoms with Crippen molar-refractivity contribution in [3.8, 4) is 0 Å². The molecule has 8 heteroatoms. The van der Waals surface area contributed by atoms with E-state index in [1.165, 1.54) is 0 Å². The molecule has 2 aromatic heterocycles. The highest BCUT2D eigenvalue weighted by atomic mass is 32.2. The van der Waals surface area contributed by atoms with Crippen LogP contribution < -0.4 is 5.56 Å². The van der Waals surface area contributed by atoms with E-state index in [1.807, 2.05) is 28.8 Å². The van der Waals surface area contributed by atoms with Gasteiger partial charge in [-0.15, -0.1) is 11.3 Å². The molecule has 0 amide bonds. The minimum Gasteiger partial charge on any atom is -0.379 e. The highest BCUT2D eigenvalue weighted by Crippen LogP contribution is 2.25. The molecule has 1 aromatic carbocycles. The number of nitrogens with zero attached hydrogens (tertiary/aromatic N) is 4. The zero-order valence-corrected chi connectivity index (χ0v) is 19.2. The molecule has 3 heterocycles. The van der Waals surface area contributed by atoms with E-state index in [9.17, 15) is 4.79 Å². The van der Waals surface area contributed by atoms with Crippen LogP contribution in [0, 0.1) is 0 Å². The molecule has 0 bridgehead atoms. The normalized spacial score (nSPS) is 15.3. The number of hydrogen-bond donors (Lipinski definition) is 0. The summed E-state index contributed by atoms with van der Waals surface area (Å²) in [6.45, 7) is 9.49. The summed E-state index contributed by atoms with van der Waals surface area (Å²) in [7, 11) is 0. The van der Waals surface area contributed by atoms with Gasteiger partial charge in [-0.1, -0.05) is 37.7 Å². The van der Waals surface area contributed by atoms with Crippen molar-refractivity contribution >= 4 is 34.0 Å². The number of hydrogen-bond acceptors (Lipinski definition) is 7. The molecule has 1 fully saturated rings.